The molecule has 174 valence electrons. The third kappa shape index (κ3) is 4.19. The van der Waals surface area contributed by atoms with Gasteiger partial charge in [-0.2, -0.15) is 0 Å². The molecule has 0 amide bonds. The van der Waals surface area contributed by atoms with Crippen LogP contribution in [0.5, 0.6) is 0 Å². The first-order valence-corrected chi connectivity index (χ1v) is 13.2. The second-order valence-electron chi connectivity index (χ2n) is 10.2. The highest BCUT2D eigenvalue weighted by molar-refractivity contribution is 6.99. The van der Waals surface area contributed by atoms with Crippen LogP contribution >= 0.6 is 0 Å². The van der Waals surface area contributed by atoms with Crippen molar-refractivity contribution in [3.8, 4) is 0 Å². The third-order valence-electron chi connectivity index (χ3n) is 6.85. The van der Waals surface area contributed by atoms with Gasteiger partial charge in [0.1, 0.15) is 18.3 Å². The van der Waals surface area contributed by atoms with Crippen LogP contribution in [0.4, 0.5) is 0 Å². The van der Waals surface area contributed by atoms with E-state index in [2.05, 4.69) is 45.0 Å². The van der Waals surface area contributed by atoms with Crippen LogP contribution in [0.15, 0.2) is 60.7 Å². The minimum absolute atomic E-state index is 0.0101. The fourth-order valence-corrected chi connectivity index (χ4v) is 9.88. The minimum atomic E-state index is -2.80. The molecule has 2 aliphatic rings. The minimum Gasteiger partial charge on any atom is -0.405 e. The molecule has 2 aromatic carbocycles. The Kier molecular flexibility index (Phi) is 6.37. The summed E-state index contributed by atoms with van der Waals surface area (Å²) < 4.78 is 12.1. The average Bonchev–Trinajstić information content (AvgIpc) is 3.55. The number of benzene rings is 2. The highest BCUT2D eigenvalue weighted by Crippen LogP contribution is 2.46. The molecule has 0 spiro atoms. The number of aliphatic hydroxyl groups is 4. The maximum absolute atomic E-state index is 11.1. The Morgan fingerprint density at radius 2 is 1.56 bits per heavy atom. The van der Waals surface area contributed by atoms with Crippen molar-refractivity contribution in [1.29, 1.82) is 0 Å². The van der Waals surface area contributed by atoms with Crippen molar-refractivity contribution < 1.29 is 29.6 Å². The van der Waals surface area contributed by atoms with Crippen molar-refractivity contribution in [2.24, 2.45) is 0 Å². The van der Waals surface area contributed by atoms with Gasteiger partial charge >= 0.3 is 0 Å². The molecule has 32 heavy (non-hydrogen) atoms. The predicted molar refractivity (Wildman–Crippen MR) is 124 cm³/mol. The topological polar surface area (TPSA) is 103 Å². The van der Waals surface area contributed by atoms with Crippen molar-refractivity contribution >= 4 is 18.7 Å². The molecule has 1 heterocycles. The van der Waals surface area contributed by atoms with Crippen LogP contribution in [0.25, 0.3) is 0 Å². The summed E-state index contributed by atoms with van der Waals surface area (Å²) in [7, 11) is -2.80. The molecule has 1 saturated carbocycles. The Morgan fingerprint density at radius 1 is 1.03 bits per heavy atom. The van der Waals surface area contributed by atoms with Crippen molar-refractivity contribution in [3.05, 3.63) is 60.7 Å². The molecule has 0 aromatic heterocycles. The second kappa shape index (κ2) is 8.65. The van der Waals surface area contributed by atoms with Crippen LogP contribution in [-0.2, 0) is 9.16 Å². The van der Waals surface area contributed by atoms with Crippen molar-refractivity contribution in [1.82, 2.24) is 0 Å². The molecule has 6 atom stereocenters. The number of epoxide rings is 1. The van der Waals surface area contributed by atoms with Crippen LogP contribution in [0.2, 0.25) is 5.04 Å². The van der Waals surface area contributed by atoms with Gasteiger partial charge in [-0.1, -0.05) is 81.4 Å². The lowest BCUT2D eigenvalue weighted by Gasteiger charge is -2.44. The van der Waals surface area contributed by atoms with Gasteiger partial charge in [-0.15, -0.1) is 0 Å². The van der Waals surface area contributed by atoms with E-state index in [9.17, 15) is 20.4 Å². The zero-order valence-electron chi connectivity index (χ0n) is 18.9. The van der Waals surface area contributed by atoms with Gasteiger partial charge in [-0.05, 0) is 15.4 Å². The van der Waals surface area contributed by atoms with Crippen molar-refractivity contribution in [2.75, 3.05) is 6.61 Å². The highest BCUT2D eigenvalue weighted by Gasteiger charge is 2.63. The second-order valence-corrected chi connectivity index (χ2v) is 14.5. The first-order chi connectivity index (χ1) is 15.1. The molecular weight excluding hydrogens is 424 g/mol. The Morgan fingerprint density at radius 3 is 2.06 bits per heavy atom. The first-order valence-electron chi connectivity index (χ1n) is 11.3. The molecular formula is C25H34O6Si. The van der Waals surface area contributed by atoms with E-state index >= 15 is 0 Å². The highest BCUT2D eigenvalue weighted by atomic mass is 28.4. The molecule has 2 fully saturated rings. The molecule has 6 nitrogen and oxygen atoms in total. The van der Waals surface area contributed by atoms with E-state index in [-0.39, 0.29) is 24.5 Å². The first kappa shape index (κ1) is 23.6. The summed E-state index contributed by atoms with van der Waals surface area (Å²) in [5.74, 6) is 0. The van der Waals surface area contributed by atoms with E-state index in [1.807, 2.05) is 36.4 Å². The molecule has 4 N–H and O–H groups in total. The molecule has 1 aliphatic carbocycles. The monoisotopic (exact) mass is 458 g/mol. The summed E-state index contributed by atoms with van der Waals surface area (Å²) in [6, 6.07) is 20.4. The maximum atomic E-state index is 11.1. The van der Waals surface area contributed by atoms with Gasteiger partial charge in [0.2, 0.25) is 0 Å². The predicted octanol–water partition coefficient (Wildman–Crippen LogP) is 0.938. The molecule has 1 aliphatic heterocycles. The quantitative estimate of drug-likeness (QED) is 0.364. The van der Waals surface area contributed by atoms with E-state index in [0.717, 1.165) is 10.4 Å². The van der Waals surface area contributed by atoms with E-state index in [4.69, 9.17) is 9.16 Å². The lowest BCUT2D eigenvalue weighted by molar-refractivity contribution is -0.102. The van der Waals surface area contributed by atoms with E-state index in [0.29, 0.717) is 0 Å². The van der Waals surface area contributed by atoms with Gasteiger partial charge < -0.3 is 29.6 Å². The van der Waals surface area contributed by atoms with Gasteiger partial charge in [-0.3, -0.25) is 0 Å². The lowest BCUT2D eigenvalue weighted by atomic mass is 9.78. The van der Waals surface area contributed by atoms with Crippen LogP contribution in [0.3, 0.4) is 0 Å². The number of hydrogen-bond donors (Lipinski definition) is 4. The summed E-state index contributed by atoms with van der Waals surface area (Å²) in [4.78, 5) is 0. The normalized spacial score (nSPS) is 31.1. The summed E-state index contributed by atoms with van der Waals surface area (Å²) in [6.07, 6.45) is -4.19. The fourth-order valence-electron chi connectivity index (χ4n) is 5.28. The van der Waals surface area contributed by atoms with Crippen LogP contribution in [0, 0.1) is 0 Å². The van der Waals surface area contributed by atoms with Crippen molar-refractivity contribution in [3.63, 3.8) is 0 Å². The summed E-state index contributed by atoms with van der Waals surface area (Å²) in [5, 5.41) is 44.0. The summed E-state index contributed by atoms with van der Waals surface area (Å²) in [6.45, 7) is 6.55. The number of ether oxygens (including phenoxy) is 1. The SMILES string of the molecule is CC(C)(C)[Si](OCC(O)C[C@]1(O)C[C@@H](O)[C@@H](O)[C@H]2O[C@H]21)(c1ccccc1)c1ccccc1. The van der Waals surface area contributed by atoms with Crippen LogP contribution in [0.1, 0.15) is 33.6 Å². The molecule has 1 unspecified atom stereocenters. The van der Waals surface area contributed by atoms with Gasteiger partial charge in [0.15, 0.2) is 0 Å². The van der Waals surface area contributed by atoms with Crippen LogP contribution < -0.4 is 10.4 Å². The third-order valence-corrected chi connectivity index (χ3v) is 11.9. The molecule has 4 rings (SSSR count). The molecule has 7 heteroatoms. The zero-order chi connectivity index (χ0) is 23.1. The Balaban J connectivity index is 1.58. The number of aliphatic hydroxyl groups excluding tert-OH is 3. The zero-order valence-corrected chi connectivity index (χ0v) is 19.9. The maximum Gasteiger partial charge on any atom is 0.261 e. The van der Waals surface area contributed by atoms with Crippen LogP contribution in [-0.4, -0.2) is 71.5 Å². The van der Waals surface area contributed by atoms with E-state index < -0.39 is 44.4 Å². The molecule has 1 saturated heterocycles. The van der Waals surface area contributed by atoms with E-state index in [1.54, 1.807) is 0 Å². The van der Waals surface area contributed by atoms with E-state index in [1.165, 1.54) is 0 Å². The summed E-state index contributed by atoms with van der Waals surface area (Å²) in [5.41, 5.74) is -1.39. The van der Waals surface area contributed by atoms with Crippen molar-refractivity contribution in [2.45, 2.75) is 74.8 Å². The summed E-state index contributed by atoms with van der Waals surface area (Å²) >= 11 is 0. The van der Waals surface area contributed by atoms with Gasteiger partial charge in [-0.25, -0.2) is 0 Å². The number of fused-ring (bicyclic) bond motifs is 1. The smallest absolute Gasteiger partial charge is 0.261 e. The van der Waals surface area contributed by atoms with Gasteiger partial charge in [0.25, 0.3) is 8.32 Å². The van der Waals surface area contributed by atoms with Gasteiger partial charge in [0, 0.05) is 12.8 Å². The lowest BCUT2D eigenvalue weighted by Crippen LogP contribution is -2.67. The largest absolute Gasteiger partial charge is 0.405 e. The number of hydrogen-bond acceptors (Lipinski definition) is 6. The van der Waals surface area contributed by atoms with Gasteiger partial charge in [0.05, 0.1) is 24.4 Å². The molecule has 2 aromatic rings. The molecule has 0 radical (unpaired) electrons. The standard InChI is InChI=1S/C25H34O6Si/c1-24(2,3)32(18-10-6-4-7-11-18,19-12-8-5-9-13-19)30-16-17(26)14-25(29)15-20(27)21(28)22-23(25)31-22/h4-13,17,20-23,26-29H,14-16H2,1-3H3/t17?,20-,21-,22-,23-,25+/m1/s1. The Labute approximate surface area is 190 Å². The average molecular weight is 459 g/mol. The molecule has 0 bridgehead atoms. The Bertz CT molecular complexity index is 860. The fraction of sp³-hybridized carbons (Fsp3) is 0.520. The number of rotatable bonds is 7. The Hall–Kier alpha value is -1.58.